The van der Waals surface area contributed by atoms with E-state index < -0.39 is 10.0 Å². The van der Waals surface area contributed by atoms with Crippen molar-refractivity contribution < 1.29 is 13.2 Å². The van der Waals surface area contributed by atoms with E-state index in [2.05, 4.69) is 29.0 Å². The van der Waals surface area contributed by atoms with Crippen LogP contribution in [-0.4, -0.2) is 38.0 Å². The van der Waals surface area contributed by atoms with Crippen LogP contribution in [0.1, 0.15) is 67.8 Å². The van der Waals surface area contributed by atoms with Gasteiger partial charge in [-0.15, -0.1) is 0 Å². The summed E-state index contributed by atoms with van der Waals surface area (Å²) in [6.45, 7) is 2.31. The summed E-state index contributed by atoms with van der Waals surface area (Å²) in [6.07, 6.45) is 7.43. The number of ether oxygens (including phenoxy) is 1. The molecule has 2 aromatic rings. The molecule has 4 rings (SSSR count). The summed E-state index contributed by atoms with van der Waals surface area (Å²) in [6, 6.07) is 13.9. The zero-order valence-electron chi connectivity index (χ0n) is 19.0. The third kappa shape index (κ3) is 5.33. The molecule has 0 saturated heterocycles. The molecule has 2 heterocycles. The molecule has 32 heavy (non-hydrogen) atoms. The minimum absolute atomic E-state index is 0.0219. The Morgan fingerprint density at radius 3 is 2.41 bits per heavy atom. The summed E-state index contributed by atoms with van der Waals surface area (Å²) in [4.78, 5) is 13.1. The van der Waals surface area contributed by atoms with Crippen LogP contribution < -0.4 is 10.3 Å². The molecule has 1 fully saturated rings. The van der Waals surface area contributed by atoms with Crippen LogP contribution in [0.2, 0.25) is 0 Å². The van der Waals surface area contributed by atoms with Gasteiger partial charge in [0.15, 0.2) is 0 Å². The maximum absolute atomic E-state index is 13.1. The molecule has 6 nitrogen and oxygen atoms in total. The smallest absolute Gasteiger partial charge is 0.254 e. The van der Waals surface area contributed by atoms with Crippen molar-refractivity contribution >= 4 is 10.0 Å². The van der Waals surface area contributed by atoms with Crippen molar-refractivity contribution in [3.8, 4) is 0 Å². The largest absolute Gasteiger partial charge is 0.376 e. The SMILES string of the molecule is CCc1ccc2n(c1=O)[C@@H](COC1CCC(c3ccccc3)CC1)[C@@H](NS(C)(=O)=O)CC2. The Morgan fingerprint density at radius 1 is 1.03 bits per heavy atom. The molecule has 0 radical (unpaired) electrons. The maximum atomic E-state index is 13.1. The second-order valence-corrected chi connectivity index (χ2v) is 11.0. The molecule has 174 valence electrons. The Bertz CT molecular complexity index is 1070. The van der Waals surface area contributed by atoms with Gasteiger partial charge in [0, 0.05) is 17.3 Å². The van der Waals surface area contributed by atoms with Crippen LogP contribution in [-0.2, 0) is 27.6 Å². The van der Waals surface area contributed by atoms with Crippen molar-refractivity contribution in [2.45, 2.75) is 76.0 Å². The first kappa shape index (κ1) is 23.2. The van der Waals surface area contributed by atoms with E-state index in [1.807, 2.05) is 25.1 Å². The minimum atomic E-state index is -3.39. The van der Waals surface area contributed by atoms with E-state index in [0.29, 0.717) is 31.8 Å². The van der Waals surface area contributed by atoms with Crippen LogP contribution in [0, 0.1) is 0 Å². The van der Waals surface area contributed by atoms with Crippen molar-refractivity contribution in [1.29, 1.82) is 0 Å². The lowest BCUT2D eigenvalue weighted by Crippen LogP contribution is -2.49. The number of rotatable bonds is 7. The van der Waals surface area contributed by atoms with Gasteiger partial charge >= 0.3 is 0 Å². The molecule has 1 aromatic carbocycles. The van der Waals surface area contributed by atoms with E-state index in [4.69, 9.17) is 4.74 Å². The van der Waals surface area contributed by atoms with E-state index >= 15 is 0 Å². The van der Waals surface area contributed by atoms with Crippen LogP contribution in [0.5, 0.6) is 0 Å². The highest BCUT2D eigenvalue weighted by Gasteiger charge is 2.34. The Kier molecular flexibility index (Phi) is 7.17. The summed E-state index contributed by atoms with van der Waals surface area (Å²) in [5, 5.41) is 0. The number of sulfonamides is 1. The van der Waals surface area contributed by atoms with Crippen molar-refractivity contribution in [2.75, 3.05) is 12.9 Å². The number of benzene rings is 1. The van der Waals surface area contributed by atoms with Gasteiger partial charge in [0.1, 0.15) is 0 Å². The Labute approximate surface area is 191 Å². The maximum Gasteiger partial charge on any atom is 0.254 e. The van der Waals surface area contributed by atoms with Crippen molar-refractivity contribution in [3.05, 3.63) is 69.6 Å². The fourth-order valence-corrected chi connectivity index (χ4v) is 6.10. The molecule has 2 aliphatic rings. The van der Waals surface area contributed by atoms with Crippen LogP contribution in [0.15, 0.2) is 47.3 Å². The zero-order chi connectivity index (χ0) is 22.7. The molecular weight excluding hydrogens is 424 g/mol. The predicted molar refractivity (Wildman–Crippen MR) is 127 cm³/mol. The summed E-state index contributed by atoms with van der Waals surface area (Å²) in [7, 11) is -3.39. The quantitative estimate of drug-likeness (QED) is 0.688. The van der Waals surface area contributed by atoms with E-state index in [9.17, 15) is 13.2 Å². The van der Waals surface area contributed by atoms with Gasteiger partial charge in [-0.05, 0) is 62.5 Å². The van der Waals surface area contributed by atoms with E-state index in [0.717, 1.165) is 36.9 Å². The van der Waals surface area contributed by atoms with Crippen molar-refractivity contribution in [2.24, 2.45) is 0 Å². The number of aryl methyl sites for hydroxylation is 2. The third-order valence-electron chi connectivity index (χ3n) is 6.98. The van der Waals surface area contributed by atoms with Crippen LogP contribution >= 0.6 is 0 Å². The number of hydrogen-bond acceptors (Lipinski definition) is 4. The lowest BCUT2D eigenvalue weighted by atomic mass is 9.83. The Morgan fingerprint density at radius 2 is 1.75 bits per heavy atom. The summed E-state index contributed by atoms with van der Waals surface area (Å²) in [5.74, 6) is 0.570. The molecule has 0 amide bonds. The standard InChI is InChI=1S/C25H34N2O4S/c1-3-18-9-12-21-13-16-23(26-32(2,29)30)24(27(21)25(18)28)17-31-22-14-10-20(11-15-22)19-7-5-4-6-8-19/h4-9,12,20,22-24,26H,3,10-11,13-17H2,1-2H3/t20?,22?,23-,24-/m0/s1. The first-order valence-corrected chi connectivity index (χ1v) is 13.6. The number of fused-ring (bicyclic) bond motifs is 1. The topological polar surface area (TPSA) is 77.4 Å². The average Bonchev–Trinajstić information content (AvgIpc) is 2.78. The molecular formula is C25H34N2O4S. The Hall–Kier alpha value is -1.96. The van der Waals surface area contributed by atoms with Crippen LogP contribution in [0.4, 0.5) is 0 Å². The normalized spacial score (nSPS) is 25.9. The lowest BCUT2D eigenvalue weighted by Gasteiger charge is -2.37. The predicted octanol–water partition coefficient (Wildman–Crippen LogP) is 3.56. The molecule has 0 unspecified atom stereocenters. The van der Waals surface area contributed by atoms with Gasteiger partial charge in [-0.1, -0.05) is 43.3 Å². The summed E-state index contributed by atoms with van der Waals surface area (Å²) in [5.41, 5.74) is 3.08. The first-order valence-electron chi connectivity index (χ1n) is 11.7. The molecule has 0 bridgehead atoms. The minimum Gasteiger partial charge on any atom is -0.376 e. The fraction of sp³-hybridized carbons (Fsp3) is 0.560. The number of nitrogens with zero attached hydrogens (tertiary/aromatic N) is 1. The van der Waals surface area contributed by atoms with E-state index in [1.54, 1.807) is 4.57 Å². The number of hydrogen-bond donors (Lipinski definition) is 1. The van der Waals surface area contributed by atoms with E-state index in [1.165, 1.54) is 11.8 Å². The first-order chi connectivity index (χ1) is 15.4. The zero-order valence-corrected chi connectivity index (χ0v) is 19.8. The van der Waals surface area contributed by atoms with Gasteiger partial charge in [0.2, 0.25) is 10.0 Å². The molecule has 0 spiro atoms. The summed E-state index contributed by atoms with van der Waals surface area (Å²) >= 11 is 0. The molecule has 7 heteroatoms. The highest BCUT2D eigenvalue weighted by Crippen LogP contribution is 2.34. The lowest BCUT2D eigenvalue weighted by molar-refractivity contribution is -0.00169. The molecule has 1 aliphatic heterocycles. The average molecular weight is 459 g/mol. The fourth-order valence-electron chi connectivity index (χ4n) is 5.27. The van der Waals surface area contributed by atoms with Crippen LogP contribution in [0.25, 0.3) is 0 Å². The van der Waals surface area contributed by atoms with Crippen LogP contribution in [0.3, 0.4) is 0 Å². The van der Waals surface area contributed by atoms with Crippen molar-refractivity contribution in [1.82, 2.24) is 9.29 Å². The van der Waals surface area contributed by atoms with Gasteiger partial charge in [-0.2, -0.15) is 0 Å². The number of nitrogens with one attached hydrogen (secondary N) is 1. The monoisotopic (exact) mass is 458 g/mol. The molecule has 1 N–H and O–H groups in total. The highest BCUT2D eigenvalue weighted by molar-refractivity contribution is 7.88. The second kappa shape index (κ2) is 9.89. The highest BCUT2D eigenvalue weighted by atomic mass is 32.2. The number of pyridine rings is 1. The number of aromatic nitrogens is 1. The van der Waals surface area contributed by atoms with Gasteiger partial charge in [0.05, 0.1) is 25.0 Å². The molecule has 1 aromatic heterocycles. The van der Waals surface area contributed by atoms with Gasteiger partial charge < -0.3 is 9.30 Å². The molecule has 2 atom stereocenters. The van der Waals surface area contributed by atoms with Crippen molar-refractivity contribution in [3.63, 3.8) is 0 Å². The molecule has 1 aliphatic carbocycles. The molecule has 1 saturated carbocycles. The third-order valence-corrected chi connectivity index (χ3v) is 7.71. The Balaban J connectivity index is 1.48. The van der Waals surface area contributed by atoms with Gasteiger partial charge in [-0.25, -0.2) is 13.1 Å². The van der Waals surface area contributed by atoms with Gasteiger partial charge in [-0.3, -0.25) is 4.79 Å². The van der Waals surface area contributed by atoms with E-state index in [-0.39, 0.29) is 23.7 Å². The van der Waals surface area contributed by atoms with Gasteiger partial charge in [0.25, 0.3) is 5.56 Å². The summed E-state index contributed by atoms with van der Waals surface area (Å²) < 4.78 is 34.9. The second-order valence-electron chi connectivity index (χ2n) is 9.20.